The molecule has 2 aromatic rings. The van der Waals surface area contributed by atoms with Gasteiger partial charge in [-0.3, -0.25) is 0 Å². The van der Waals surface area contributed by atoms with Crippen LogP contribution in [0.1, 0.15) is 4.88 Å². The molecule has 0 saturated carbocycles. The highest BCUT2D eigenvalue weighted by Gasteiger charge is 2.15. The normalized spacial score (nSPS) is 11.3. The van der Waals surface area contributed by atoms with Crippen LogP contribution in [0.15, 0.2) is 42.5 Å². The Morgan fingerprint density at radius 3 is 2.25 bits per heavy atom. The van der Waals surface area contributed by atoms with E-state index in [0.29, 0.717) is 16.6 Å². The maximum absolute atomic E-state index is 11.1. The van der Waals surface area contributed by atoms with E-state index in [-0.39, 0.29) is 5.57 Å². The van der Waals surface area contributed by atoms with Gasteiger partial charge in [0, 0.05) is 21.5 Å². The second-order valence-electron chi connectivity index (χ2n) is 3.99. The van der Waals surface area contributed by atoms with Gasteiger partial charge in [0.15, 0.2) is 0 Å². The standard InChI is InChI=1S/C14H11NO4S/c15-9-3-1-8(2-4-9)11-5-6-12(20-11)10(14(18)19)7-13(16)17/h1-7H,15H2,(H,16,17)(H,18,19)/b10-7-. The van der Waals surface area contributed by atoms with Crippen LogP contribution in [0.4, 0.5) is 5.69 Å². The Labute approximate surface area is 118 Å². The van der Waals surface area contributed by atoms with Gasteiger partial charge in [-0.15, -0.1) is 11.3 Å². The van der Waals surface area contributed by atoms with Crippen LogP contribution in [0, 0.1) is 0 Å². The van der Waals surface area contributed by atoms with Crippen LogP contribution < -0.4 is 5.73 Å². The van der Waals surface area contributed by atoms with Gasteiger partial charge in [-0.1, -0.05) is 12.1 Å². The highest BCUT2D eigenvalue weighted by molar-refractivity contribution is 7.16. The third kappa shape index (κ3) is 3.04. The summed E-state index contributed by atoms with van der Waals surface area (Å²) in [6.45, 7) is 0. The number of thiophene rings is 1. The molecule has 6 heteroatoms. The summed E-state index contributed by atoms with van der Waals surface area (Å²) in [5.41, 5.74) is 6.91. The maximum atomic E-state index is 11.1. The van der Waals surface area contributed by atoms with E-state index >= 15 is 0 Å². The fourth-order valence-corrected chi connectivity index (χ4v) is 2.67. The van der Waals surface area contributed by atoms with E-state index in [4.69, 9.17) is 15.9 Å². The summed E-state index contributed by atoms with van der Waals surface area (Å²) in [5, 5.41) is 17.7. The third-order valence-electron chi connectivity index (χ3n) is 2.56. The molecule has 4 N–H and O–H groups in total. The molecule has 102 valence electrons. The summed E-state index contributed by atoms with van der Waals surface area (Å²) in [6.07, 6.45) is 0.695. The average molecular weight is 289 g/mol. The number of aliphatic carboxylic acids is 2. The second kappa shape index (κ2) is 5.58. The molecule has 0 aliphatic heterocycles. The summed E-state index contributed by atoms with van der Waals surface area (Å²) in [6, 6.07) is 10.5. The Hall–Kier alpha value is -2.60. The van der Waals surface area contributed by atoms with Crippen molar-refractivity contribution in [3.63, 3.8) is 0 Å². The number of carboxylic acids is 2. The van der Waals surface area contributed by atoms with Gasteiger partial charge < -0.3 is 15.9 Å². The zero-order chi connectivity index (χ0) is 14.7. The first-order valence-electron chi connectivity index (χ1n) is 5.61. The molecule has 1 heterocycles. The van der Waals surface area contributed by atoms with E-state index in [1.165, 1.54) is 11.3 Å². The van der Waals surface area contributed by atoms with Crippen LogP contribution in [-0.4, -0.2) is 22.2 Å². The fourth-order valence-electron chi connectivity index (χ4n) is 1.65. The van der Waals surface area contributed by atoms with E-state index in [1.807, 2.05) is 12.1 Å². The minimum Gasteiger partial charge on any atom is -0.478 e. The van der Waals surface area contributed by atoms with Gasteiger partial charge in [-0.05, 0) is 29.8 Å². The molecule has 0 atom stereocenters. The second-order valence-corrected chi connectivity index (χ2v) is 5.07. The van der Waals surface area contributed by atoms with Gasteiger partial charge in [0.2, 0.25) is 0 Å². The van der Waals surface area contributed by atoms with Crippen molar-refractivity contribution in [2.75, 3.05) is 5.73 Å². The lowest BCUT2D eigenvalue weighted by molar-refractivity contribution is -0.133. The Balaban J connectivity index is 2.39. The number of nitrogens with two attached hydrogens (primary N) is 1. The number of rotatable bonds is 4. The molecule has 5 nitrogen and oxygen atoms in total. The number of hydrogen-bond donors (Lipinski definition) is 3. The van der Waals surface area contributed by atoms with Gasteiger partial charge in [0.05, 0.1) is 5.57 Å². The molecule has 20 heavy (non-hydrogen) atoms. The van der Waals surface area contributed by atoms with E-state index in [0.717, 1.165) is 10.4 Å². The molecule has 0 amide bonds. The first-order valence-corrected chi connectivity index (χ1v) is 6.43. The van der Waals surface area contributed by atoms with Crippen LogP contribution in [0.2, 0.25) is 0 Å². The lowest BCUT2D eigenvalue weighted by Gasteiger charge is -1.99. The first kappa shape index (κ1) is 13.8. The zero-order valence-corrected chi connectivity index (χ0v) is 11.1. The van der Waals surface area contributed by atoms with Crippen molar-refractivity contribution in [3.8, 4) is 10.4 Å². The summed E-state index contributed by atoms with van der Waals surface area (Å²) in [4.78, 5) is 23.0. The maximum Gasteiger partial charge on any atom is 0.337 e. The topological polar surface area (TPSA) is 101 Å². The first-order chi connectivity index (χ1) is 9.47. The summed E-state index contributed by atoms with van der Waals surface area (Å²) in [5.74, 6) is -2.55. The van der Waals surface area contributed by atoms with Crippen molar-refractivity contribution in [2.45, 2.75) is 0 Å². The summed E-state index contributed by atoms with van der Waals surface area (Å²) >= 11 is 1.22. The van der Waals surface area contributed by atoms with Crippen molar-refractivity contribution < 1.29 is 19.8 Å². The van der Waals surface area contributed by atoms with Crippen molar-refractivity contribution >= 4 is 34.5 Å². The molecule has 0 bridgehead atoms. The van der Waals surface area contributed by atoms with E-state index in [9.17, 15) is 9.59 Å². The summed E-state index contributed by atoms with van der Waals surface area (Å²) in [7, 11) is 0. The van der Waals surface area contributed by atoms with Crippen LogP contribution >= 0.6 is 11.3 Å². The lowest BCUT2D eigenvalue weighted by Crippen LogP contribution is -2.01. The molecule has 0 unspecified atom stereocenters. The number of carbonyl (C=O) groups is 2. The fraction of sp³-hybridized carbons (Fsp3) is 0. The van der Waals surface area contributed by atoms with Crippen LogP contribution in [-0.2, 0) is 9.59 Å². The molecule has 0 spiro atoms. The molecule has 1 aromatic carbocycles. The number of hydrogen-bond acceptors (Lipinski definition) is 4. The van der Waals surface area contributed by atoms with E-state index < -0.39 is 11.9 Å². The molecular weight excluding hydrogens is 278 g/mol. The number of benzene rings is 1. The summed E-state index contributed by atoms with van der Waals surface area (Å²) < 4.78 is 0. The predicted molar refractivity (Wildman–Crippen MR) is 77.4 cm³/mol. The Bertz CT molecular complexity index is 685. The molecule has 2 rings (SSSR count). The molecule has 0 aliphatic rings. The molecule has 0 radical (unpaired) electrons. The number of nitrogen functional groups attached to an aromatic ring is 1. The van der Waals surface area contributed by atoms with E-state index in [1.54, 1.807) is 24.3 Å². The van der Waals surface area contributed by atoms with Crippen LogP contribution in [0.3, 0.4) is 0 Å². The van der Waals surface area contributed by atoms with Gasteiger partial charge >= 0.3 is 11.9 Å². The quantitative estimate of drug-likeness (QED) is 0.593. The van der Waals surface area contributed by atoms with Gasteiger partial charge in [0.25, 0.3) is 0 Å². The molecular formula is C14H11NO4S. The molecule has 0 saturated heterocycles. The van der Waals surface area contributed by atoms with Crippen molar-refractivity contribution in [2.24, 2.45) is 0 Å². The Kier molecular flexibility index (Phi) is 3.86. The van der Waals surface area contributed by atoms with Gasteiger partial charge in [0.1, 0.15) is 0 Å². The molecule has 1 aromatic heterocycles. The number of carboxylic acid groups (broad SMARTS) is 2. The predicted octanol–water partition coefficient (Wildman–Crippen LogP) is 2.55. The van der Waals surface area contributed by atoms with Gasteiger partial charge in [-0.2, -0.15) is 0 Å². The van der Waals surface area contributed by atoms with Crippen LogP contribution in [0.25, 0.3) is 16.0 Å². The molecule has 0 fully saturated rings. The minimum absolute atomic E-state index is 0.232. The smallest absolute Gasteiger partial charge is 0.337 e. The minimum atomic E-state index is -1.29. The number of anilines is 1. The SMILES string of the molecule is Nc1ccc(-c2ccc(/C(=C/C(=O)O)C(=O)O)s2)cc1. The van der Waals surface area contributed by atoms with Gasteiger partial charge in [-0.25, -0.2) is 9.59 Å². The van der Waals surface area contributed by atoms with Crippen molar-refractivity contribution in [1.29, 1.82) is 0 Å². The average Bonchev–Trinajstić information content (AvgIpc) is 2.85. The van der Waals surface area contributed by atoms with Crippen molar-refractivity contribution in [1.82, 2.24) is 0 Å². The third-order valence-corrected chi connectivity index (χ3v) is 3.73. The largest absolute Gasteiger partial charge is 0.478 e. The highest BCUT2D eigenvalue weighted by atomic mass is 32.1. The molecule has 0 aliphatic carbocycles. The Morgan fingerprint density at radius 1 is 1.05 bits per heavy atom. The monoisotopic (exact) mass is 289 g/mol. The van der Waals surface area contributed by atoms with E-state index in [2.05, 4.69) is 0 Å². The van der Waals surface area contributed by atoms with Crippen molar-refractivity contribution in [3.05, 3.63) is 47.4 Å². The van der Waals surface area contributed by atoms with Crippen LogP contribution in [0.5, 0.6) is 0 Å². The lowest BCUT2D eigenvalue weighted by atomic mass is 10.1. The zero-order valence-electron chi connectivity index (χ0n) is 10.2. The Morgan fingerprint density at radius 2 is 1.70 bits per heavy atom. The highest BCUT2D eigenvalue weighted by Crippen LogP contribution is 2.32.